The van der Waals surface area contributed by atoms with E-state index in [1.54, 1.807) is 28.2 Å². The van der Waals surface area contributed by atoms with Gasteiger partial charge in [-0.1, -0.05) is 47.7 Å². The molecule has 8 heteroatoms. The number of fused-ring (bicyclic) bond motifs is 6. The molecule has 0 atom stereocenters. The molecule has 0 unspecified atom stereocenters. The van der Waals surface area contributed by atoms with Gasteiger partial charge in [0.05, 0.1) is 16.6 Å². The summed E-state index contributed by atoms with van der Waals surface area (Å²) in [7, 11) is 0. The van der Waals surface area contributed by atoms with Gasteiger partial charge >= 0.3 is 0 Å². The lowest BCUT2D eigenvalue weighted by Crippen LogP contribution is -2.14. The molecule has 0 amide bonds. The SMILES string of the molecule is C1=C(c2nncs2)CCc2c1c1ccccc1n2-n1c2ccccc2c2cc(-c3nncs3)ccc21. The third kappa shape index (κ3) is 2.82. The summed E-state index contributed by atoms with van der Waals surface area (Å²) in [5.41, 5.74) is 12.1. The first-order valence-corrected chi connectivity index (χ1v) is 13.5. The standard InChI is InChI=1S/C28H18N6S2/c1-3-7-23-19(5-1)21-13-17(27-31-29-15-35-27)9-11-25(21)33(23)34-24-8-4-2-6-20(24)22-14-18(10-12-26(22)34)28-32-30-16-36-28/h1-9,11,13-16H,10,12H2. The van der Waals surface area contributed by atoms with Crippen molar-refractivity contribution < 1.29 is 0 Å². The highest BCUT2D eigenvalue weighted by atomic mass is 32.1. The Balaban J connectivity index is 1.45. The number of hydrogen-bond acceptors (Lipinski definition) is 6. The largest absolute Gasteiger partial charge is 0.252 e. The number of rotatable bonds is 3. The lowest BCUT2D eigenvalue weighted by molar-refractivity contribution is 0.689. The molecule has 7 aromatic rings. The molecule has 0 radical (unpaired) electrons. The molecule has 4 aromatic heterocycles. The van der Waals surface area contributed by atoms with Crippen LogP contribution < -0.4 is 0 Å². The maximum absolute atomic E-state index is 4.34. The zero-order valence-electron chi connectivity index (χ0n) is 19.0. The number of nitrogens with zero attached hydrogens (tertiary/aromatic N) is 6. The van der Waals surface area contributed by atoms with Crippen LogP contribution in [0.2, 0.25) is 0 Å². The minimum absolute atomic E-state index is 0.937. The molecule has 8 rings (SSSR count). The quantitative estimate of drug-likeness (QED) is 0.263. The number of para-hydroxylation sites is 2. The number of aromatic nitrogens is 6. The Hall–Kier alpha value is -4.14. The maximum atomic E-state index is 4.34. The summed E-state index contributed by atoms with van der Waals surface area (Å²) in [6, 6.07) is 24.0. The number of benzene rings is 3. The predicted molar refractivity (Wildman–Crippen MR) is 147 cm³/mol. The third-order valence-electron chi connectivity index (χ3n) is 7.03. The lowest BCUT2D eigenvalue weighted by atomic mass is 9.96. The van der Waals surface area contributed by atoms with Gasteiger partial charge in [-0.2, -0.15) is 0 Å². The second-order valence-electron chi connectivity index (χ2n) is 8.91. The molecule has 0 saturated heterocycles. The Morgan fingerprint density at radius 1 is 0.639 bits per heavy atom. The van der Waals surface area contributed by atoms with Gasteiger partial charge in [0.1, 0.15) is 21.0 Å². The molecule has 1 aliphatic rings. The van der Waals surface area contributed by atoms with Gasteiger partial charge in [-0.05, 0) is 54.8 Å². The Morgan fingerprint density at radius 2 is 1.33 bits per heavy atom. The van der Waals surface area contributed by atoms with Crippen molar-refractivity contribution in [2.75, 3.05) is 0 Å². The second-order valence-corrected chi connectivity index (χ2v) is 10.6. The fourth-order valence-electron chi connectivity index (χ4n) is 5.51. The molecule has 0 N–H and O–H groups in total. The van der Waals surface area contributed by atoms with Crippen molar-refractivity contribution in [1.29, 1.82) is 0 Å². The lowest BCUT2D eigenvalue weighted by Gasteiger charge is -2.18. The Bertz CT molecular complexity index is 1940. The summed E-state index contributed by atoms with van der Waals surface area (Å²) in [4.78, 5) is 0. The predicted octanol–water partition coefficient (Wildman–Crippen LogP) is 6.92. The van der Waals surface area contributed by atoms with Crippen molar-refractivity contribution in [3.05, 3.63) is 94.0 Å². The highest BCUT2D eigenvalue weighted by Crippen LogP contribution is 2.40. The normalized spacial score (nSPS) is 13.5. The van der Waals surface area contributed by atoms with Gasteiger partial charge < -0.3 is 0 Å². The molecule has 0 saturated carbocycles. The molecule has 6 nitrogen and oxygen atoms in total. The fraction of sp³-hybridized carbons (Fsp3) is 0.0714. The van der Waals surface area contributed by atoms with Crippen LogP contribution in [-0.2, 0) is 6.42 Å². The zero-order valence-corrected chi connectivity index (χ0v) is 20.6. The molecule has 1 aliphatic carbocycles. The van der Waals surface area contributed by atoms with Crippen LogP contribution in [0.15, 0.2) is 77.8 Å². The van der Waals surface area contributed by atoms with Crippen molar-refractivity contribution in [3.63, 3.8) is 0 Å². The summed E-state index contributed by atoms with van der Waals surface area (Å²) in [5.74, 6) is 0. The van der Waals surface area contributed by atoms with Crippen LogP contribution in [0, 0.1) is 0 Å². The van der Waals surface area contributed by atoms with Gasteiger partial charge in [0.2, 0.25) is 0 Å². The van der Waals surface area contributed by atoms with Crippen LogP contribution in [0.1, 0.15) is 22.7 Å². The van der Waals surface area contributed by atoms with E-state index in [4.69, 9.17) is 0 Å². The molecule has 172 valence electrons. The summed E-state index contributed by atoms with van der Waals surface area (Å²) >= 11 is 3.17. The topological polar surface area (TPSA) is 61.4 Å². The maximum Gasteiger partial charge on any atom is 0.147 e. The van der Waals surface area contributed by atoms with Gasteiger partial charge in [-0.15, -0.1) is 31.7 Å². The monoisotopic (exact) mass is 502 g/mol. The zero-order chi connectivity index (χ0) is 23.6. The van der Waals surface area contributed by atoms with Gasteiger partial charge in [-0.3, -0.25) is 4.68 Å². The molecule has 0 spiro atoms. The van der Waals surface area contributed by atoms with Crippen LogP contribution in [0.3, 0.4) is 0 Å². The number of allylic oxidation sites excluding steroid dienone is 1. The molecule has 0 bridgehead atoms. The Labute approximate surface area is 213 Å². The van der Waals surface area contributed by atoms with Crippen molar-refractivity contribution in [1.82, 2.24) is 29.7 Å². The first-order chi connectivity index (χ1) is 17.9. The summed E-state index contributed by atoms with van der Waals surface area (Å²) in [6.45, 7) is 0. The van der Waals surface area contributed by atoms with Gasteiger partial charge in [0.15, 0.2) is 0 Å². The average molecular weight is 503 g/mol. The van der Waals surface area contributed by atoms with Crippen LogP contribution in [-0.4, -0.2) is 29.7 Å². The van der Waals surface area contributed by atoms with Crippen LogP contribution in [0.5, 0.6) is 0 Å². The average Bonchev–Trinajstić information content (AvgIpc) is 3.74. The minimum Gasteiger partial charge on any atom is -0.252 e. The fourth-order valence-corrected chi connectivity index (χ4v) is 6.66. The summed E-state index contributed by atoms with van der Waals surface area (Å²) < 4.78 is 4.81. The van der Waals surface area contributed by atoms with E-state index in [2.05, 4.69) is 103 Å². The van der Waals surface area contributed by atoms with Crippen molar-refractivity contribution in [3.8, 4) is 10.6 Å². The van der Waals surface area contributed by atoms with E-state index in [9.17, 15) is 0 Å². The van der Waals surface area contributed by atoms with Crippen molar-refractivity contribution in [2.45, 2.75) is 12.8 Å². The molecular formula is C28H18N6S2. The van der Waals surface area contributed by atoms with Crippen LogP contribution in [0.4, 0.5) is 0 Å². The first-order valence-electron chi connectivity index (χ1n) is 11.8. The van der Waals surface area contributed by atoms with Gasteiger partial charge in [0.25, 0.3) is 0 Å². The highest BCUT2D eigenvalue weighted by molar-refractivity contribution is 7.12. The molecule has 0 fully saturated rings. The van der Waals surface area contributed by atoms with Gasteiger partial charge in [0, 0.05) is 33.0 Å². The molecule has 3 aromatic carbocycles. The smallest absolute Gasteiger partial charge is 0.147 e. The van der Waals surface area contributed by atoms with Crippen LogP contribution >= 0.6 is 22.7 Å². The highest BCUT2D eigenvalue weighted by Gasteiger charge is 2.24. The first kappa shape index (κ1) is 20.1. The van der Waals surface area contributed by atoms with E-state index in [0.717, 1.165) is 28.4 Å². The van der Waals surface area contributed by atoms with Crippen molar-refractivity contribution >= 4 is 67.0 Å². The summed E-state index contributed by atoms with van der Waals surface area (Å²) in [5, 5.41) is 22.4. The van der Waals surface area contributed by atoms with E-state index in [1.165, 1.54) is 49.5 Å². The van der Waals surface area contributed by atoms with E-state index in [1.807, 2.05) is 5.51 Å². The second kappa shape index (κ2) is 7.68. The Morgan fingerprint density at radius 3 is 2.11 bits per heavy atom. The third-order valence-corrected chi connectivity index (χ3v) is 8.53. The number of hydrogen-bond donors (Lipinski definition) is 0. The molecular weight excluding hydrogens is 484 g/mol. The van der Waals surface area contributed by atoms with Gasteiger partial charge in [-0.25, -0.2) is 4.68 Å². The van der Waals surface area contributed by atoms with Crippen molar-refractivity contribution in [2.24, 2.45) is 0 Å². The molecule has 36 heavy (non-hydrogen) atoms. The van der Waals surface area contributed by atoms with Crippen LogP contribution in [0.25, 0.3) is 54.9 Å². The molecule has 0 aliphatic heterocycles. The van der Waals surface area contributed by atoms with E-state index in [-0.39, 0.29) is 0 Å². The van der Waals surface area contributed by atoms with E-state index in [0.29, 0.717) is 0 Å². The molecule has 4 heterocycles. The van der Waals surface area contributed by atoms with E-state index < -0.39 is 0 Å². The Kier molecular flexibility index (Phi) is 4.29. The summed E-state index contributed by atoms with van der Waals surface area (Å²) in [6.07, 6.45) is 4.20. The minimum atomic E-state index is 0.937. The van der Waals surface area contributed by atoms with E-state index >= 15 is 0 Å².